The number of hydrogen-bond donors (Lipinski definition) is 3. The maximum Gasteiger partial charge on any atom is 0.501 e. The first kappa shape index (κ1) is 21.0. The molecule has 1 aliphatic rings. The van der Waals surface area contributed by atoms with E-state index in [9.17, 15) is 35.5 Å². The van der Waals surface area contributed by atoms with Crippen molar-refractivity contribution in [2.24, 2.45) is 0 Å². The Kier molecular flexibility index (Phi) is 4.82. The van der Waals surface area contributed by atoms with E-state index in [0.29, 0.717) is 6.07 Å². The van der Waals surface area contributed by atoms with E-state index >= 15 is 0 Å². The van der Waals surface area contributed by atoms with Crippen molar-refractivity contribution in [1.29, 1.82) is 5.41 Å². The summed E-state index contributed by atoms with van der Waals surface area (Å²) < 4.78 is 96.2. The predicted octanol–water partition coefficient (Wildman–Crippen LogP) is 3.58. The first-order valence-corrected chi connectivity index (χ1v) is 9.39. The smallest absolute Gasteiger partial charge is 0.456 e. The molecule has 1 atom stereocenters. The van der Waals surface area contributed by atoms with Gasteiger partial charge >= 0.3 is 5.51 Å². The van der Waals surface area contributed by atoms with Gasteiger partial charge in [-0.05, 0) is 24.3 Å². The molecule has 4 N–H and O–H groups in total. The first-order valence-electron chi connectivity index (χ1n) is 7.91. The Morgan fingerprint density at radius 2 is 1.86 bits per heavy atom. The number of aliphatic hydroxyl groups excluding tert-OH is 1. The van der Waals surface area contributed by atoms with Crippen molar-refractivity contribution in [3.8, 4) is 11.5 Å². The van der Waals surface area contributed by atoms with Gasteiger partial charge < -0.3 is 21.0 Å². The highest BCUT2D eigenvalue weighted by molar-refractivity contribution is 7.92. The van der Waals surface area contributed by atoms with E-state index in [4.69, 9.17) is 15.9 Å². The normalized spacial score (nSPS) is 18.3. The summed E-state index contributed by atoms with van der Waals surface area (Å²) in [7, 11) is -6.00. The van der Waals surface area contributed by atoms with Crippen LogP contribution in [0, 0.1) is 5.41 Å². The Balaban J connectivity index is 2.22. The summed E-state index contributed by atoms with van der Waals surface area (Å²) in [6, 6.07) is 5.46. The van der Waals surface area contributed by atoms with Gasteiger partial charge in [0, 0.05) is 29.4 Å². The van der Waals surface area contributed by atoms with Gasteiger partial charge in [-0.2, -0.15) is 13.2 Å². The third-order valence-corrected chi connectivity index (χ3v) is 5.96. The van der Waals surface area contributed by atoms with E-state index < -0.39 is 49.8 Å². The molecule has 0 aliphatic heterocycles. The number of halogens is 5. The molecule has 0 saturated carbocycles. The minimum atomic E-state index is -6.00. The summed E-state index contributed by atoms with van der Waals surface area (Å²) in [5, 5.41) is 17.2. The molecule has 12 heteroatoms. The number of sulfone groups is 1. The average molecular weight is 436 g/mol. The van der Waals surface area contributed by atoms with Crippen LogP contribution in [0.5, 0.6) is 11.5 Å². The third kappa shape index (κ3) is 3.31. The van der Waals surface area contributed by atoms with Crippen molar-refractivity contribution in [2.45, 2.75) is 28.9 Å². The van der Waals surface area contributed by atoms with E-state index in [1.807, 2.05) is 0 Å². The second kappa shape index (κ2) is 6.66. The molecule has 6 nitrogen and oxygen atoms in total. The zero-order valence-corrected chi connectivity index (χ0v) is 15.1. The van der Waals surface area contributed by atoms with Crippen LogP contribution in [0.1, 0.15) is 22.8 Å². The van der Waals surface area contributed by atoms with Gasteiger partial charge in [-0.1, -0.05) is 6.07 Å². The minimum absolute atomic E-state index is 0.0571. The molecule has 2 aromatic rings. The fourth-order valence-corrected chi connectivity index (χ4v) is 4.05. The molecule has 0 saturated heterocycles. The van der Waals surface area contributed by atoms with Crippen molar-refractivity contribution in [3.05, 3.63) is 47.0 Å². The Hall–Kier alpha value is -2.73. The Morgan fingerprint density at radius 3 is 2.45 bits per heavy atom. The number of rotatable bonds is 4. The highest BCUT2D eigenvalue weighted by atomic mass is 32.2. The monoisotopic (exact) mass is 436 g/mol. The van der Waals surface area contributed by atoms with Crippen LogP contribution in [0.4, 0.5) is 27.6 Å². The lowest BCUT2D eigenvalue weighted by atomic mass is 10.1. The van der Waals surface area contributed by atoms with E-state index in [1.54, 1.807) is 0 Å². The van der Waals surface area contributed by atoms with Crippen molar-refractivity contribution < 1.29 is 40.2 Å². The molecule has 0 heterocycles. The van der Waals surface area contributed by atoms with E-state index in [-0.39, 0.29) is 22.7 Å². The lowest BCUT2D eigenvalue weighted by molar-refractivity contribution is -0.0978. The second-order valence-corrected chi connectivity index (χ2v) is 8.16. The van der Waals surface area contributed by atoms with Crippen LogP contribution in [-0.2, 0) is 16.3 Å². The molecule has 0 amide bonds. The highest BCUT2D eigenvalue weighted by Gasteiger charge is 2.55. The van der Waals surface area contributed by atoms with Crippen molar-refractivity contribution >= 4 is 21.7 Å². The fraction of sp³-hybridized carbons (Fsp3) is 0.235. The molecule has 0 fully saturated rings. The van der Waals surface area contributed by atoms with Gasteiger partial charge in [0.15, 0.2) is 0 Å². The van der Waals surface area contributed by atoms with Crippen molar-refractivity contribution in [3.63, 3.8) is 0 Å². The number of alkyl halides is 5. The van der Waals surface area contributed by atoms with Gasteiger partial charge in [0.05, 0.1) is 10.5 Å². The Labute approximate surface area is 161 Å². The number of benzene rings is 2. The molecular formula is C17H13F5N2O4S. The molecule has 29 heavy (non-hydrogen) atoms. The Morgan fingerprint density at radius 1 is 1.21 bits per heavy atom. The number of aliphatic hydroxyl groups is 1. The van der Waals surface area contributed by atoms with Crippen LogP contribution in [0.15, 0.2) is 35.2 Å². The minimum Gasteiger partial charge on any atom is -0.456 e. The standard InChI is InChI=1S/C17H13F5N2O4S/c18-16(19)6-8-12(28-11-3-1-2-10(24)9(11)7-23)4-5-13(14(8)15(16)25)29(26,27)17(20,21)22/h1-5,7,15,23,25H,6,24H2/t15-/m0/s1. The molecule has 156 valence electrons. The SMILES string of the molecule is N=Cc1c(N)cccc1Oc1ccc(S(=O)(=O)C(F)(F)F)c2c1CC(F)(F)[C@H]2O. The van der Waals surface area contributed by atoms with Crippen molar-refractivity contribution in [2.75, 3.05) is 5.73 Å². The zero-order chi connectivity index (χ0) is 21.8. The maximum absolute atomic E-state index is 14.1. The summed E-state index contributed by atoms with van der Waals surface area (Å²) >= 11 is 0. The quantitative estimate of drug-likeness (QED) is 0.385. The van der Waals surface area contributed by atoms with E-state index in [0.717, 1.165) is 12.3 Å². The molecule has 0 bridgehead atoms. The molecule has 0 radical (unpaired) electrons. The molecule has 1 aliphatic carbocycles. The van der Waals surface area contributed by atoms with Crippen LogP contribution in [0.3, 0.4) is 0 Å². The summed E-state index contributed by atoms with van der Waals surface area (Å²) in [6.07, 6.45) is -3.17. The number of ether oxygens (including phenoxy) is 1. The Bertz CT molecular complexity index is 1100. The number of fused-ring (bicyclic) bond motifs is 1. The van der Waals surface area contributed by atoms with Gasteiger partial charge in [0.25, 0.3) is 15.8 Å². The second-order valence-electron chi connectivity index (χ2n) is 6.25. The predicted molar refractivity (Wildman–Crippen MR) is 92.1 cm³/mol. The summed E-state index contributed by atoms with van der Waals surface area (Å²) in [5.74, 6) is -4.35. The average Bonchev–Trinajstić information content (AvgIpc) is 2.85. The topological polar surface area (TPSA) is 113 Å². The van der Waals surface area contributed by atoms with Gasteiger partial charge in [-0.15, -0.1) is 0 Å². The lowest BCUT2D eigenvalue weighted by Gasteiger charge is -2.18. The van der Waals surface area contributed by atoms with Crippen molar-refractivity contribution in [1.82, 2.24) is 0 Å². The summed E-state index contributed by atoms with van der Waals surface area (Å²) in [5.41, 5.74) is -1.49. The molecule has 2 aromatic carbocycles. The maximum atomic E-state index is 14.1. The number of anilines is 1. The molecule has 0 unspecified atom stereocenters. The number of nitrogens with one attached hydrogen (secondary N) is 1. The van der Waals surface area contributed by atoms with Crippen LogP contribution in [0.25, 0.3) is 0 Å². The van der Waals surface area contributed by atoms with Crippen LogP contribution < -0.4 is 10.5 Å². The molecule has 0 aromatic heterocycles. The molecule has 0 spiro atoms. The van der Waals surface area contributed by atoms with E-state index in [1.165, 1.54) is 18.2 Å². The third-order valence-electron chi connectivity index (χ3n) is 4.42. The fourth-order valence-electron chi connectivity index (χ4n) is 3.03. The molecular weight excluding hydrogens is 423 g/mol. The summed E-state index contributed by atoms with van der Waals surface area (Å²) in [4.78, 5) is -1.46. The number of hydrogen-bond acceptors (Lipinski definition) is 6. The van der Waals surface area contributed by atoms with Crippen LogP contribution in [0.2, 0.25) is 0 Å². The molecule has 3 rings (SSSR count). The van der Waals surface area contributed by atoms with Gasteiger partial charge in [0.2, 0.25) is 0 Å². The van der Waals surface area contributed by atoms with E-state index in [2.05, 4.69) is 0 Å². The largest absolute Gasteiger partial charge is 0.501 e. The van der Waals surface area contributed by atoms with Gasteiger partial charge in [-0.25, -0.2) is 17.2 Å². The number of nitrogens with two attached hydrogens (primary N) is 1. The number of nitrogen functional groups attached to an aromatic ring is 1. The van der Waals surface area contributed by atoms with Crippen LogP contribution in [-0.4, -0.2) is 31.2 Å². The lowest BCUT2D eigenvalue weighted by Crippen LogP contribution is -2.26. The van der Waals surface area contributed by atoms with Crippen LogP contribution >= 0.6 is 0 Å². The first-order chi connectivity index (χ1) is 13.3. The van der Waals surface area contributed by atoms with Gasteiger partial charge in [0.1, 0.15) is 17.6 Å². The van der Waals surface area contributed by atoms with Gasteiger partial charge in [-0.3, -0.25) is 0 Å². The zero-order valence-electron chi connectivity index (χ0n) is 14.3. The highest BCUT2D eigenvalue weighted by Crippen LogP contribution is 2.51. The summed E-state index contributed by atoms with van der Waals surface area (Å²) in [6.45, 7) is 0.